The third-order valence-electron chi connectivity index (χ3n) is 12.9. The largest absolute Gasteiger partial charge is 0.506 e. The van der Waals surface area contributed by atoms with Crippen LogP contribution in [-0.4, -0.2) is 88.9 Å². The minimum absolute atomic E-state index is 0.00631. The number of phenols is 1. The van der Waals surface area contributed by atoms with E-state index in [0.29, 0.717) is 65.7 Å². The maximum atomic E-state index is 14.0. The van der Waals surface area contributed by atoms with E-state index in [1.165, 1.54) is 31.4 Å². The number of rotatable bonds is 17. The number of nitrogens with zero attached hydrogens (tertiary/aromatic N) is 2. The van der Waals surface area contributed by atoms with Crippen molar-refractivity contribution in [3.05, 3.63) is 141 Å². The van der Waals surface area contributed by atoms with Gasteiger partial charge in [0.15, 0.2) is 0 Å². The Balaban J connectivity index is 0.862. The highest BCUT2D eigenvalue weighted by atomic mass is 16.6. The molecule has 4 aromatic carbocycles. The molecule has 3 aliphatic heterocycles. The summed E-state index contributed by atoms with van der Waals surface area (Å²) in [5.74, 6) is 1.53. The van der Waals surface area contributed by atoms with Crippen molar-refractivity contribution in [1.29, 1.82) is 0 Å². The third-order valence-corrected chi connectivity index (χ3v) is 12.9. The van der Waals surface area contributed by atoms with Crippen LogP contribution >= 0.6 is 0 Å². The summed E-state index contributed by atoms with van der Waals surface area (Å²) in [5.41, 5.74) is 3.99. The zero-order chi connectivity index (χ0) is 42.8. The summed E-state index contributed by atoms with van der Waals surface area (Å²) in [6, 6.07) is 31.1. The number of carbonyl (C=O) groups excluding carboxylic acids is 2. The number of hydrogen-bond acceptors (Lipinski definition) is 9. The van der Waals surface area contributed by atoms with Gasteiger partial charge in [-0.15, -0.1) is 0 Å². The minimum Gasteiger partial charge on any atom is -0.506 e. The molecule has 12 nitrogen and oxygen atoms in total. The summed E-state index contributed by atoms with van der Waals surface area (Å²) < 4.78 is 12.3. The van der Waals surface area contributed by atoms with Gasteiger partial charge in [-0.1, -0.05) is 79.9 Å². The van der Waals surface area contributed by atoms with Gasteiger partial charge in [-0.2, -0.15) is 0 Å². The molecule has 12 heteroatoms. The van der Waals surface area contributed by atoms with E-state index in [1.54, 1.807) is 12.1 Å². The average molecular weight is 842 g/mol. The maximum Gasteiger partial charge on any atom is 0.408 e. The smallest absolute Gasteiger partial charge is 0.408 e. The Morgan fingerprint density at radius 3 is 2.40 bits per heavy atom. The Morgan fingerprint density at radius 2 is 1.65 bits per heavy atom. The monoisotopic (exact) mass is 841 g/mol. The first kappa shape index (κ1) is 43.0. The van der Waals surface area contributed by atoms with Crippen molar-refractivity contribution >= 4 is 22.9 Å². The number of ether oxygens (including phenoxy) is 2. The van der Waals surface area contributed by atoms with Crippen LogP contribution in [0.5, 0.6) is 11.5 Å². The molecular formula is C50H59N5O7. The van der Waals surface area contributed by atoms with Gasteiger partial charge in [-0.25, -0.2) is 4.79 Å². The number of H-pyrrole nitrogens is 1. The average Bonchev–Trinajstić information content (AvgIpc) is 3.31. The second-order valence-corrected chi connectivity index (χ2v) is 17.2. The molecule has 5 N–H and O–H groups in total. The Bertz CT molecular complexity index is 2320. The summed E-state index contributed by atoms with van der Waals surface area (Å²) in [4.78, 5) is 46.2. The molecule has 326 valence electrons. The standard InChI is InChI=1S/C50H59N5O7/c56-43-21-19-41(42-20-22-46(58)52-48(42)43)44(57)30-51-25-8-26-55(31-34-9-3-1-4-10-34)49(59)38-17-15-35(16-18-38)33-61-40-14-7-13-39(29-40)47(37-11-5-2-6-12-37)53-50(60)62-45-32-54-27-23-36(45)24-28-54/h2,5-7,11-22,29,34,36,44-45,47,51,56-57H,1,3-4,8-10,23-28,30-33H2,(H,52,58)(H,53,60)/t44-,45+,47?/m1/s1. The SMILES string of the molecule is O=C(NC(c1ccccc1)c1cccc(OCc2ccc(C(=O)N(CCCNC[C@@H](O)c3ccc(O)c4[nH]c(=O)ccc34)CC3CCCCC3)cc2)c1)O[C@H]1CN2CCC1CC2. The highest BCUT2D eigenvalue weighted by Crippen LogP contribution is 2.32. The molecule has 9 rings (SSSR count). The van der Waals surface area contributed by atoms with E-state index in [2.05, 4.69) is 20.5 Å². The summed E-state index contributed by atoms with van der Waals surface area (Å²) in [5, 5.41) is 28.3. The third kappa shape index (κ3) is 10.8. The number of piperidine rings is 3. The number of nitrogens with one attached hydrogen (secondary N) is 3. The molecule has 1 aromatic heterocycles. The lowest BCUT2D eigenvalue weighted by atomic mass is 9.86. The van der Waals surface area contributed by atoms with Gasteiger partial charge in [-0.3, -0.25) is 14.5 Å². The number of aliphatic hydroxyl groups excluding tert-OH is 1. The maximum absolute atomic E-state index is 14.0. The molecule has 0 spiro atoms. The number of phenolic OH excluding ortho intramolecular Hbond substituents is 1. The topological polar surface area (TPSA) is 156 Å². The van der Waals surface area contributed by atoms with Crippen molar-refractivity contribution in [3.8, 4) is 11.5 Å². The van der Waals surface area contributed by atoms with Crippen molar-refractivity contribution in [2.75, 3.05) is 45.8 Å². The molecule has 5 aromatic rings. The number of pyridine rings is 1. The number of hydrogen-bond donors (Lipinski definition) is 5. The molecule has 3 saturated heterocycles. The summed E-state index contributed by atoms with van der Waals surface area (Å²) in [7, 11) is 0. The zero-order valence-electron chi connectivity index (χ0n) is 35.3. The van der Waals surface area contributed by atoms with Gasteiger partial charge in [-0.05, 0) is 122 Å². The molecule has 0 radical (unpaired) electrons. The van der Waals surface area contributed by atoms with Gasteiger partial charge in [0.1, 0.15) is 24.2 Å². The van der Waals surface area contributed by atoms with E-state index < -0.39 is 18.2 Å². The van der Waals surface area contributed by atoms with Crippen molar-refractivity contribution in [2.24, 2.45) is 11.8 Å². The molecule has 4 fully saturated rings. The highest BCUT2D eigenvalue weighted by molar-refractivity contribution is 5.94. The van der Waals surface area contributed by atoms with Crippen LogP contribution in [0.2, 0.25) is 0 Å². The molecule has 1 aliphatic carbocycles. The number of fused-ring (bicyclic) bond motifs is 4. The van der Waals surface area contributed by atoms with Gasteiger partial charge < -0.3 is 40.2 Å². The predicted octanol–water partition coefficient (Wildman–Crippen LogP) is 7.46. The van der Waals surface area contributed by atoms with E-state index in [-0.39, 0.29) is 29.9 Å². The quantitative estimate of drug-likeness (QED) is 0.0600. The Hall–Kier alpha value is -5.69. The first-order valence-electron chi connectivity index (χ1n) is 22.4. The van der Waals surface area contributed by atoms with Crippen molar-refractivity contribution < 1.29 is 29.3 Å². The molecule has 4 aliphatic rings. The molecule has 1 saturated carbocycles. The Labute approximate surface area is 363 Å². The van der Waals surface area contributed by atoms with E-state index in [4.69, 9.17) is 9.47 Å². The lowest BCUT2D eigenvalue weighted by Gasteiger charge is -2.43. The summed E-state index contributed by atoms with van der Waals surface area (Å²) in [6.07, 6.45) is 7.39. The van der Waals surface area contributed by atoms with E-state index in [1.807, 2.05) is 83.8 Å². The Morgan fingerprint density at radius 1 is 0.871 bits per heavy atom. The fourth-order valence-corrected chi connectivity index (χ4v) is 9.47. The van der Waals surface area contributed by atoms with Crippen LogP contribution in [0, 0.1) is 11.8 Å². The summed E-state index contributed by atoms with van der Waals surface area (Å²) >= 11 is 0. The zero-order valence-corrected chi connectivity index (χ0v) is 35.3. The lowest BCUT2D eigenvalue weighted by molar-refractivity contribution is -0.0336. The van der Waals surface area contributed by atoms with Crippen LogP contribution in [0.25, 0.3) is 10.9 Å². The number of aromatic nitrogens is 1. The fourth-order valence-electron chi connectivity index (χ4n) is 9.47. The first-order chi connectivity index (χ1) is 30.3. The van der Waals surface area contributed by atoms with Gasteiger partial charge in [0.2, 0.25) is 5.56 Å². The first-order valence-corrected chi connectivity index (χ1v) is 22.4. The molecule has 3 atom stereocenters. The van der Waals surface area contributed by atoms with Crippen molar-refractivity contribution in [2.45, 2.75) is 76.2 Å². The molecule has 2 bridgehead atoms. The van der Waals surface area contributed by atoms with Crippen molar-refractivity contribution in [1.82, 2.24) is 25.4 Å². The van der Waals surface area contributed by atoms with Crippen LogP contribution in [-0.2, 0) is 11.3 Å². The van der Waals surface area contributed by atoms with E-state index in [0.717, 1.165) is 68.6 Å². The second-order valence-electron chi connectivity index (χ2n) is 17.2. The highest BCUT2D eigenvalue weighted by Gasteiger charge is 2.37. The van der Waals surface area contributed by atoms with Gasteiger partial charge in [0.05, 0.1) is 17.7 Å². The molecule has 62 heavy (non-hydrogen) atoms. The van der Waals surface area contributed by atoms with Gasteiger partial charge in [0.25, 0.3) is 5.91 Å². The van der Waals surface area contributed by atoms with Crippen molar-refractivity contribution in [3.63, 3.8) is 0 Å². The lowest BCUT2D eigenvalue weighted by Crippen LogP contribution is -2.52. The predicted molar refractivity (Wildman–Crippen MR) is 239 cm³/mol. The van der Waals surface area contributed by atoms with E-state index in [9.17, 15) is 24.6 Å². The number of alkyl carbamates (subject to hydrolysis) is 1. The number of aromatic amines is 1. The van der Waals surface area contributed by atoms with Crippen LogP contribution < -0.4 is 20.9 Å². The number of aromatic hydroxyl groups is 1. The van der Waals surface area contributed by atoms with Gasteiger partial charge >= 0.3 is 6.09 Å². The Kier molecular flexibility index (Phi) is 14.2. The normalized spacial score (nSPS) is 19.7. The van der Waals surface area contributed by atoms with Crippen LogP contribution in [0.3, 0.4) is 0 Å². The number of benzene rings is 4. The minimum atomic E-state index is -0.853. The molecular weight excluding hydrogens is 783 g/mol. The molecule has 4 heterocycles. The van der Waals surface area contributed by atoms with Crippen LogP contribution in [0.1, 0.15) is 96.1 Å². The van der Waals surface area contributed by atoms with E-state index >= 15 is 0 Å². The second kappa shape index (κ2) is 20.5. The molecule has 2 amide bonds. The summed E-state index contributed by atoms with van der Waals surface area (Å²) in [6.45, 7) is 5.45. The number of amides is 2. The van der Waals surface area contributed by atoms with Crippen LogP contribution in [0.4, 0.5) is 4.79 Å². The fraction of sp³-hybridized carbons (Fsp3) is 0.420. The van der Waals surface area contributed by atoms with Crippen LogP contribution in [0.15, 0.2) is 108 Å². The number of aliphatic hydroxyl groups is 1. The van der Waals surface area contributed by atoms with Gasteiger partial charge in [0, 0.05) is 43.2 Å². The molecule has 1 unspecified atom stereocenters. The number of carbonyl (C=O) groups is 2.